The van der Waals surface area contributed by atoms with Crippen molar-refractivity contribution in [2.45, 2.75) is 44.2 Å². The van der Waals surface area contributed by atoms with E-state index in [-0.39, 0.29) is 16.3 Å². The lowest BCUT2D eigenvalue weighted by Crippen LogP contribution is -2.47. The summed E-state index contributed by atoms with van der Waals surface area (Å²) in [5, 5.41) is 5.87. The molecule has 9 heteroatoms. The second kappa shape index (κ2) is 8.08. The van der Waals surface area contributed by atoms with Crippen LogP contribution in [0.1, 0.15) is 44.2 Å². The van der Waals surface area contributed by atoms with Gasteiger partial charge in [0.15, 0.2) is 5.76 Å². The normalized spacial score (nSPS) is 17.8. The van der Waals surface area contributed by atoms with E-state index < -0.39 is 21.5 Å². The van der Waals surface area contributed by atoms with E-state index in [0.29, 0.717) is 13.2 Å². The number of piperidine rings is 1. The third-order valence-electron chi connectivity index (χ3n) is 4.25. The molecular formula is C17H29N3O5S. The zero-order chi connectivity index (χ0) is 19.4. The fraction of sp³-hybridized carbons (Fsp3) is 0.706. The topological polar surface area (TPSA) is 110 Å². The maximum atomic E-state index is 12.4. The lowest BCUT2D eigenvalue weighted by Gasteiger charge is -2.37. The van der Waals surface area contributed by atoms with E-state index in [4.69, 9.17) is 9.15 Å². The molecule has 0 unspecified atom stereocenters. The first-order valence-corrected chi connectivity index (χ1v) is 10.2. The molecule has 148 valence electrons. The molecule has 1 amide bonds. The molecule has 1 aliphatic rings. The summed E-state index contributed by atoms with van der Waals surface area (Å²) >= 11 is 0. The molecule has 1 aliphatic heterocycles. The molecular weight excluding hydrogens is 358 g/mol. The largest absolute Gasteiger partial charge is 0.438 e. The molecule has 0 radical (unpaired) electrons. The minimum Gasteiger partial charge on any atom is -0.438 e. The van der Waals surface area contributed by atoms with Crippen molar-refractivity contribution < 1.29 is 22.4 Å². The van der Waals surface area contributed by atoms with Crippen molar-refractivity contribution in [2.75, 3.05) is 33.4 Å². The van der Waals surface area contributed by atoms with Gasteiger partial charge >= 0.3 is 0 Å². The molecule has 1 saturated heterocycles. The lowest BCUT2D eigenvalue weighted by molar-refractivity contribution is 0.0505. The number of hydrogen-bond donors (Lipinski definition) is 3. The molecule has 3 N–H and O–H groups in total. The molecule has 0 aliphatic carbocycles. The van der Waals surface area contributed by atoms with Crippen LogP contribution in [0.25, 0.3) is 0 Å². The summed E-state index contributed by atoms with van der Waals surface area (Å²) in [6.45, 7) is 7.95. The number of amides is 1. The van der Waals surface area contributed by atoms with Gasteiger partial charge in [0.25, 0.3) is 15.9 Å². The smallest absolute Gasteiger partial charge is 0.287 e. The van der Waals surface area contributed by atoms with Gasteiger partial charge < -0.3 is 19.8 Å². The highest BCUT2D eigenvalue weighted by Crippen LogP contribution is 2.28. The minimum absolute atomic E-state index is 0.0271. The van der Waals surface area contributed by atoms with E-state index in [1.165, 1.54) is 12.1 Å². The first-order chi connectivity index (χ1) is 12.1. The van der Waals surface area contributed by atoms with E-state index in [1.807, 2.05) is 0 Å². The fourth-order valence-electron chi connectivity index (χ4n) is 3.03. The van der Waals surface area contributed by atoms with Crippen LogP contribution in [-0.4, -0.2) is 53.2 Å². The number of hydrogen-bond acceptors (Lipinski definition) is 6. The molecule has 1 fully saturated rings. The predicted octanol–water partition coefficient (Wildman–Crippen LogP) is 1.10. The third kappa shape index (κ3) is 5.54. The molecule has 0 aromatic carbocycles. The van der Waals surface area contributed by atoms with Gasteiger partial charge in [0.2, 0.25) is 5.09 Å². The number of ether oxygens (including phenoxy) is 1. The second-order valence-electron chi connectivity index (χ2n) is 7.84. The van der Waals surface area contributed by atoms with Gasteiger partial charge in [-0.2, -0.15) is 0 Å². The third-order valence-corrected chi connectivity index (χ3v) is 5.88. The summed E-state index contributed by atoms with van der Waals surface area (Å²) < 4.78 is 37.6. The van der Waals surface area contributed by atoms with Gasteiger partial charge in [0.1, 0.15) is 0 Å². The Morgan fingerprint density at radius 2 is 1.96 bits per heavy atom. The highest BCUT2D eigenvalue weighted by Gasteiger charge is 2.33. The van der Waals surface area contributed by atoms with Crippen LogP contribution in [-0.2, 0) is 14.8 Å². The van der Waals surface area contributed by atoms with Gasteiger partial charge in [-0.25, -0.2) is 13.1 Å². The van der Waals surface area contributed by atoms with Crippen LogP contribution >= 0.6 is 0 Å². The maximum absolute atomic E-state index is 12.4. The average Bonchev–Trinajstić information content (AvgIpc) is 3.03. The molecule has 8 nitrogen and oxygen atoms in total. The molecule has 0 bridgehead atoms. The predicted molar refractivity (Wildman–Crippen MR) is 97.5 cm³/mol. The van der Waals surface area contributed by atoms with Crippen molar-refractivity contribution in [1.82, 2.24) is 15.4 Å². The number of rotatable bonds is 7. The van der Waals surface area contributed by atoms with Gasteiger partial charge in [-0.05, 0) is 58.8 Å². The molecule has 0 atom stereocenters. The zero-order valence-corrected chi connectivity index (χ0v) is 16.7. The number of methoxy groups -OCH3 is 1. The highest BCUT2D eigenvalue weighted by atomic mass is 32.2. The monoisotopic (exact) mass is 387 g/mol. The molecule has 2 heterocycles. The number of furan rings is 1. The van der Waals surface area contributed by atoms with Crippen LogP contribution in [0.5, 0.6) is 0 Å². The van der Waals surface area contributed by atoms with Crippen molar-refractivity contribution in [3.8, 4) is 0 Å². The van der Waals surface area contributed by atoms with Crippen molar-refractivity contribution in [3.05, 3.63) is 17.9 Å². The van der Waals surface area contributed by atoms with E-state index in [2.05, 4.69) is 15.4 Å². The molecule has 1 aromatic rings. The van der Waals surface area contributed by atoms with E-state index in [1.54, 1.807) is 27.9 Å². The number of carbonyl (C=O) groups excluding carboxylic acids is 1. The SMILES string of the molecule is COCC1(CNC(=O)c2ccc(S(=O)(=O)NC(C)(C)C)o2)CCNCC1. The summed E-state index contributed by atoms with van der Waals surface area (Å²) in [5.41, 5.74) is -0.763. The van der Waals surface area contributed by atoms with Crippen LogP contribution in [0.2, 0.25) is 0 Å². The van der Waals surface area contributed by atoms with Crippen molar-refractivity contribution >= 4 is 15.9 Å². The highest BCUT2D eigenvalue weighted by molar-refractivity contribution is 7.89. The van der Waals surface area contributed by atoms with Crippen LogP contribution in [0.3, 0.4) is 0 Å². The Morgan fingerprint density at radius 3 is 2.54 bits per heavy atom. The summed E-state index contributed by atoms with van der Waals surface area (Å²) in [6.07, 6.45) is 1.79. The molecule has 2 rings (SSSR count). The first kappa shape index (κ1) is 20.9. The first-order valence-electron chi connectivity index (χ1n) is 8.69. The summed E-state index contributed by atoms with van der Waals surface area (Å²) in [7, 11) is -2.16. The van der Waals surface area contributed by atoms with E-state index in [0.717, 1.165) is 25.9 Å². The zero-order valence-electron chi connectivity index (χ0n) is 15.8. The summed E-state index contributed by atoms with van der Waals surface area (Å²) in [6, 6.07) is 2.66. The van der Waals surface area contributed by atoms with Gasteiger partial charge in [-0.15, -0.1) is 0 Å². The van der Waals surface area contributed by atoms with Gasteiger partial charge in [0.05, 0.1) is 6.61 Å². The Kier molecular flexibility index (Phi) is 6.49. The number of carbonyl (C=O) groups is 1. The van der Waals surface area contributed by atoms with Gasteiger partial charge in [-0.3, -0.25) is 4.79 Å². The average molecular weight is 388 g/mol. The lowest BCUT2D eigenvalue weighted by atomic mass is 9.79. The van der Waals surface area contributed by atoms with Crippen molar-refractivity contribution in [1.29, 1.82) is 0 Å². The van der Waals surface area contributed by atoms with Crippen molar-refractivity contribution in [2.24, 2.45) is 5.41 Å². The Morgan fingerprint density at radius 1 is 1.31 bits per heavy atom. The van der Waals surface area contributed by atoms with Crippen LogP contribution in [0, 0.1) is 5.41 Å². The molecule has 0 saturated carbocycles. The van der Waals surface area contributed by atoms with Gasteiger partial charge in [-0.1, -0.05) is 0 Å². The molecule has 1 aromatic heterocycles. The van der Waals surface area contributed by atoms with Gasteiger partial charge in [0, 0.05) is 24.6 Å². The Labute approximate surface area is 155 Å². The van der Waals surface area contributed by atoms with Crippen LogP contribution < -0.4 is 15.4 Å². The fourth-order valence-corrected chi connectivity index (χ4v) is 4.38. The number of sulfonamides is 1. The summed E-state index contributed by atoms with van der Waals surface area (Å²) in [5.74, 6) is -0.461. The van der Waals surface area contributed by atoms with E-state index >= 15 is 0 Å². The Hall–Kier alpha value is -1.42. The standard InChI is InChI=1S/C17H29N3O5S/c1-16(2,3)20-26(22,23)14-6-5-13(25-14)15(21)19-11-17(12-24-4)7-9-18-10-8-17/h5-6,18,20H,7-12H2,1-4H3,(H,19,21). The van der Waals surface area contributed by atoms with Crippen LogP contribution in [0.4, 0.5) is 0 Å². The maximum Gasteiger partial charge on any atom is 0.287 e. The Balaban J connectivity index is 2.03. The Bertz CT molecular complexity index is 709. The quantitative estimate of drug-likeness (QED) is 0.646. The van der Waals surface area contributed by atoms with E-state index in [9.17, 15) is 13.2 Å². The van der Waals surface area contributed by atoms with Crippen molar-refractivity contribution in [3.63, 3.8) is 0 Å². The minimum atomic E-state index is -3.81. The molecule has 26 heavy (non-hydrogen) atoms. The van der Waals surface area contributed by atoms with Crippen LogP contribution in [0.15, 0.2) is 21.6 Å². The number of nitrogens with one attached hydrogen (secondary N) is 3. The molecule has 0 spiro atoms. The summed E-state index contributed by atoms with van der Waals surface area (Å²) in [4.78, 5) is 12.4. The second-order valence-corrected chi connectivity index (χ2v) is 9.45.